The van der Waals surface area contributed by atoms with E-state index in [4.69, 9.17) is 9.47 Å². The Balaban J connectivity index is 1.66. The molecule has 1 heterocycles. The molecule has 0 spiro atoms. The molecule has 4 rings (SSSR count). The van der Waals surface area contributed by atoms with Crippen molar-refractivity contribution in [2.75, 3.05) is 13.7 Å². The Labute approximate surface area is 174 Å². The Morgan fingerprint density at radius 3 is 1.86 bits per heavy atom. The molecule has 0 amide bonds. The molecule has 3 heteroatoms. The summed E-state index contributed by atoms with van der Waals surface area (Å²) >= 11 is 0. The summed E-state index contributed by atoms with van der Waals surface area (Å²) in [6.45, 7) is 1.30. The van der Waals surface area contributed by atoms with Gasteiger partial charge in [-0.15, -0.1) is 0 Å². The maximum absolute atomic E-state index is 6.12. The molecule has 0 aliphatic carbocycles. The molecule has 0 bridgehead atoms. The lowest BCUT2D eigenvalue weighted by molar-refractivity contribution is 0.101. The topological polar surface area (TPSA) is 18.5 Å². The van der Waals surface area contributed by atoms with E-state index in [-0.39, 0.29) is 6.10 Å². The van der Waals surface area contributed by atoms with Crippen LogP contribution < -0.4 is 10.4 Å². The number of methoxy groups -OCH3 is 1. The largest absolute Gasteiger partial charge is 0.381 e. The van der Waals surface area contributed by atoms with Gasteiger partial charge in [0.1, 0.15) is 8.07 Å². The van der Waals surface area contributed by atoms with Crippen LogP contribution in [0.25, 0.3) is 0 Å². The quantitative estimate of drug-likeness (QED) is 0.549. The van der Waals surface area contributed by atoms with Crippen molar-refractivity contribution in [3.63, 3.8) is 0 Å². The van der Waals surface area contributed by atoms with Crippen molar-refractivity contribution < 1.29 is 9.47 Å². The van der Waals surface area contributed by atoms with Crippen LogP contribution in [0, 0.1) is 0 Å². The fourth-order valence-electron chi connectivity index (χ4n) is 4.37. The molecule has 0 fully saturated rings. The van der Waals surface area contributed by atoms with Crippen molar-refractivity contribution >= 4 is 18.4 Å². The molecule has 2 nitrogen and oxygen atoms in total. The van der Waals surface area contributed by atoms with Crippen molar-refractivity contribution in [2.24, 2.45) is 0 Å². The standard InChI is InChI=1S/C26H28O2Si/c1-27-24-17-23(19-28-18-22-11-5-2-6-12-22)20-29(21-24,25-13-7-3-8-14-25)26-15-9-4-10-16-26/h2-16,20,24H,17-19,21H2,1H3. The summed E-state index contributed by atoms with van der Waals surface area (Å²) in [6.07, 6.45) is 1.17. The van der Waals surface area contributed by atoms with Crippen LogP contribution in [0.15, 0.2) is 102 Å². The minimum absolute atomic E-state index is 0.224. The summed E-state index contributed by atoms with van der Waals surface area (Å²) in [4.78, 5) is 0. The summed E-state index contributed by atoms with van der Waals surface area (Å²) in [5.74, 6) is 0. The van der Waals surface area contributed by atoms with Crippen LogP contribution in [0.4, 0.5) is 0 Å². The average molecular weight is 401 g/mol. The second-order valence-corrected chi connectivity index (χ2v) is 11.5. The van der Waals surface area contributed by atoms with Crippen LogP contribution in [0.5, 0.6) is 0 Å². The first-order valence-corrected chi connectivity index (χ1v) is 12.5. The van der Waals surface area contributed by atoms with E-state index in [0.29, 0.717) is 13.2 Å². The second kappa shape index (κ2) is 9.36. The van der Waals surface area contributed by atoms with Crippen LogP contribution in [0.1, 0.15) is 12.0 Å². The monoisotopic (exact) mass is 400 g/mol. The highest BCUT2D eigenvalue weighted by Crippen LogP contribution is 2.29. The Bertz CT molecular complexity index is 883. The number of ether oxygens (including phenoxy) is 2. The molecule has 0 aromatic heterocycles. The minimum atomic E-state index is -2.08. The van der Waals surface area contributed by atoms with Crippen molar-refractivity contribution in [1.82, 2.24) is 0 Å². The highest BCUT2D eigenvalue weighted by atomic mass is 28.3. The molecule has 1 atom stereocenters. The Hall–Kier alpha value is -2.46. The number of benzene rings is 3. The number of hydrogen-bond acceptors (Lipinski definition) is 2. The smallest absolute Gasteiger partial charge is 0.143 e. The maximum atomic E-state index is 6.12. The molecule has 0 N–H and O–H groups in total. The van der Waals surface area contributed by atoms with Gasteiger partial charge in [0.15, 0.2) is 0 Å². The van der Waals surface area contributed by atoms with Gasteiger partial charge in [-0.3, -0.25) is 0 Å². The lowest BCUT2D eigenvalue weighted by atomic mass is 10.1. The fourth-order valence-corrected chi connectivity index (χ4v) is 9.13. The maximum Gasteiger partial charge on any atom is 0.143 e. The zero-order valence-electron chi connectivity index (χ0n) is 17.0. The van der Waals surface area contributed by atoms with Gasteiger partial charge in [0.05, 0.1) is 19.3 Å². The van der Waals surface area contributed by atoms with E-state index in [1.54, 1.807) is 0 Å². The third-order valence-electron chi connectivity index (χ3n) is 5.80. The molecule has 148 valence electrons. The Morgan fingerprint density at radius 2 is 1.31 bits per heavy atom. The Morgan fingerprint density at radius 1 is 0.759 bits per heavy atom. The minimum Gasteiger partial charge on any atom is -0.381 e. The third-order valence-corrected chi connectivity index (χ3v) is 10.5. The van der Waals surface area contributed by atoms with Gasteiger partial charge in [-0.2, -0.15) is 0 Å². The van der Waals surface area contributed by atoms with Gasteiger partial charge in [-0.1, -0.05) is 96.7 Å². The van der Waals surface area contributed by atoms with E-state index >= 15 is 0 Å². The predicted octanol–water partition coefficient (Wildman–Crippen LogP) is 4.35. The summed E-state index contributed by atoms with van der Waals surface area (Å²) < 4.78 is 12.0. The number of rotatable bonds is 7. The van der Waals surface area contributed by atoms with Crippen LogP contribution >= 0.6 is 0 Å². The second-order valence-electron chi connectivity index (χ2n) is 7.75. The van der Waals surface area contributed by atoms with Crippen molar-refractivity contribution in [2.45, 2.75) is 25.2 Å². The molecule has 29 heavy (non-hydrogen) atoms. The van der Waals surface area contributed by atoms with Gasteiger partial charge in [0, 0.05) is 7.11 Å². The normalized spacial score (nSPS) is 18.2. The predicted molar refractivity (Wildman–Crippen MR) is 122 cm³/mol. The van der Waals surface area contributed by atoms with Gasteiger partial charge in [0.2, 0.25) is 0 Å². The molecule has 3 aromatic rings. The first-order chi connectivity index (χ1) is 14.3. The fraction of sp³-hybridized carbons (Fsp3) is 0.231. The molecular formula is C26H28O2Si. The van der Waals surface area contributed by atoms with Crippen LogP contribution in [0.2, 0.25) is 6.04 Å². The molecule has 0 saturated heterocycles. The van der Waals surface area contributed by atoms with Crippen molar-refractivity contribution in [3.05, 3.63) is 108 Å². The summed E-state index contributed by atoms with van der Waals surface area (Å²) in [7, 11) is -0.237. The van der Waals surface area contributed by atoms with E-state index in [9.17, 15) is 0 Å². The highest BCUT2D eigenvalue weighted by Gasteiger charge is 2.41. The van der Waals surface area contributed by atoms with Crippen molar-refractivity contribution in [3.8, 4) is 0 Å². The lowest BCUT2D eigenvalue weighted by Gasteiger charge is -2.38. The van der Waals surface area contributed by atoms with Crippen LogP contribution in [-0.4, -0.2) is 27.9 Å². The molecule has 0 saturated carbocycles. The van der Waals surface area contributed by atoms with E-state index in [2.05, 4.69) is 90.6 Å². The summed E-state index contributed by atoms with van der Waals surface area (Å²) in [5, 5.41) is 2.88. The molecule has 0 radical (unpaired) electrons. The van der Waals surface area contributed by atoms with Gasteiger partial charge in [0.25, 0.3) is 0 Å². The van der Waals surface area contributed by atoms with E-state index in [1.807, 2.05) is 13.2 Å². The zero-order valence-corrected chi connectivity index (χ0v) is 18.0. The van der Waals surface area contributed by atoms with Gasteiger partial charge < -0.3 is 9.47 Å². The SMILES string of the molecule is COC1CC(COCc2ccccc2)=C[Si](c2ccccc2)(c2ccccc2)C1. The summed E-state index contributed by atoms with van der Waals surface area (Å²) in [6, 6.07) is 33.4. The Kier molecular flexibility index (Phi) is 6.40. The lowest BCUT2D eigenvalue weighted by Crippen LogP contribution is -2.60. The van der Waals surface area contributed by atoms with Crippen LogP contribution in [-0.2, 0) is 16.1 Å². The number of hydrogen-bond donors (Lipinski definition) is 0. The van der Waals surface area contributed by atoms with E-state index in [1.165, 1.54) is 21.5 Å². The zero-order chi connectivity index (χ0) is 19.9. The molecule has 1 aliphatic heterocycles. The van der Waals surface area contributed by atoms with Crippen LogP contribution in [0.3, 0.4) is 0 Å². The first kappa shape index (κ1) is 19.8. The van der Waals surface area contributed by atoms with Gasteiger partial charge in [-0.25, -0.2) is 0 Å². The molecule has 1 unspecified atom stereocenters. The molecular weight excluding hydrogens is 372 g/mol. The van der Waals surface area contributed by atoms with E-state index < -0.39 is 8.07 Å². The molecule has 3 aromatic carbocycles. The first-order valence-electron chi connectivity index (χ1n) is 10.3. The highest BCUT2D eigenvalue weighted by molar-refractivity contribution is 7.06. The van der Waals surface area contributed by atoms with Crippen molar-refractivity contribution in [1.29, 1.82) is 0 Å². The average Bonchev–Trinajstić information content (AvgIpc) is 2.80. The summed E-state index contributed by atoms with van der Waals surface area (Å²) in [5.41, 5.74) is 5.14. The third kappa shape index (κ3) is 4.59. The van der Waals surface area contributed by atoms with Gasteiger partial charge in [-0.05, 0) is 34.0 Å². The van der Waals surface area contributed by atoms with Gasteiger partial charge >= 0.3 is 0 Å². The van der Waals surface area contributed by atoms with E-state index in [0.717, 1.165) is 12.5 Å². The molecule has 1 aliphatic rings.